The number of imide groups is 1. The van der Waals surface area contributed by atoms with Gasteiger partial charge in [0.2, 0.25) is 11.0 Å². The second-order valence-corrected chi connectivity index (χ2v) is 7.37. The fraction of sp³-hybridized carbons (Fsp3) is 0.333. The Bertz CT molecular complexity index is 737. The molecule has 134 valence electrons. The van der Waals surface area contributed by atoms with Crippen molar-refractivity contribution >= 4 is 45.9 Å². The van der Waals surface area contributed by atoms with Crippen LogP contribution in [-0.2, 0) is 4.79 Å². The molecule has 0 aliphatic carbocycles. The Morgan fingerprint density at radius 2 is 2.08 bits per heavy atom. The quantitative estimate of drug-likeness (QED) is 0.633. The van der Waals surface area contributed by atoms with Crippen molar-refractivity contribution < 1.29 is 14.3 Å². The highest BCUT2D eigenvalue weighted by Crippen LogP contribution is 2.32. The van der Waals surface area contributed by atoms with Crippen LogP contribution in [0.1, 0.15) is 13.8 Å². The molecule has 8 nitrogen and oxygen atoms in total. The van der Waals surface area contributed by atoms with Crippen LogP contribution in [0.3, 0.4) is 0 Å². The Morgan fingerprint density at radius 1 is 1.32 bits per heavy atom. The number of aromatic nitrogens is 2. The number of hydrogen-bond donors (Lipinski definition) is 3. The average Bonchev–Trinajstić information content (AvgIpc) is 3.02. The zero-order valence-corrected chi connectivity index (χ0v) is 15.7. The number of rotatable bonds is 7. The molecule has 1 heterocycles. The van der Waals surface area contributed by atoms with E-state index >= 15 is 0 Å². The van der Waals surface area contributed by atoms with E-state index < -0.39 is 11.3 Å². The second kappa shape index (κ2) is 9.23. The van der Waals surface area contributed by atoms with Crippen LogP contribution in [0, 0.1) is 0 Å². The van der Waals surface area contributed by atoms with E-state index in [4.69, 9.17) is 4.74 Å². The predicted molar refractivity (Wildman–Crippen MR) is 98.7 cm³/mol. The van der Waals surface area contributed by atoms with Crippen LogP contribution in [-0.4, -0.2) is 41.0 Å². The molecule has 10 heteroatoms. The standard InChI is InChI=1S/C15H19N5O3S2/c1-4-16-13(22)18-12(21)9(2)24-15-20-19-14(25-15)17-10-7-5-6-8-11(10)23-3/h5-9H,4H2,1-3H3,(H,17,19)(H2,16,18,21,22)/t9-/m1/s1. The molecule has 1 atom stereocenters. The summed E-state index contributed by atoms with van der Waals surface area (Å²) in [6.45, 7) is 3.93. The Kier molecular flexibility index (Phi) is 7.02. The van der Waals surface area contributed by atoms with Gasteiger partial charge in [0.05, 0.1) is 18.0 Å². The van der Waals surface area contributed by atoms with Gasteiger partial charge in [-0.3, -0.25) is 10.1 Å². The van der Waals surface area contributed by atoms with Gasteiger partial charge in [0.1, 0.15) is 5.75 Å². The van der Waals surface area contributed by atoms with Crippen molar-refractivity contribution in [1.29, 1.82) is 0 Å². The third-order valence-electron chi connectivity index (χ3n) is 2.98. The molecule has 0 spiro atoms. The van der Waals surface area contributed by atoms with E-state index in [1.807, 2.05) is 24.3 Å². The summed E-state index contributed by atoms with van der Waals surface area (Å²) in [5.41, 5.74) is 0.778. The summed E-state index contributed by atoms with van der Waals surface area (Å²) < 4.78 is 5.90. The van der Waals surface area contributed by atoms with Crippen molar-refractivity contribution in [2.75, 3.05) is 19.0 Å². The lowest BCUT2D eigenvalue weighted by atomic mass is 10.3. The van der Waals surface area contributed by atoms with Crippen LogP contribution in [0.2, 0.25) is 0 Å². The van der Waals surface area contributed by atoms with Crippen LogP contribution >= 0.6 is 23.1 Å². The van der Waals surface area contributed by atoms with E-state index in [-0.39, 0.29) is 5.91 Å². The van der Waals surface area contributed by atoms with Crippen molar-refractivity contribution in [3.63, 3.8) is 0 Å². The van der Waals surface area contributed by atoms with Gasteiger partial charge in [0.25, 0.3) is 0 Å². The van der Waals surface area contributed by atoms with Crippen LogP contribution in [0.15, 0.2) is 28.6 Å². The van der Waals surface area contributed by atoms with Crippen LogP contribution < -0.4 is 20.7 Å². The Morgan fingerprint density at radius 3 is 2.80 bits per heavy atom. The zero-order chi connectivity index (χ0) is 18.2. The fourth-order valence-electron chi connectivity index (χ4n) is 1.79. The molecular weight excluding hydrogens is 362 g/mol. The van der Waals surface area contributed by atoms with Gasteiger partial charge in [-0.05, 0) is 26.0 Å². The maximum Gasteiger partial charge on any atom is 0.321 e. The number of hydrogen-bond acceptors (Lipinski definition) is 8. The van der Waals surface area contributed by atoms with E-state index in [2.05, 4.69) is 26.1 Å². The van der Waals surface area contributed by atoms with E-state index in [1.165, 1.54) is 23.1 Å². The Balaban J connectivity index is 1.94. The van der Waals surface area contributed by atoms with E-state index in [0.717, 1.165) is 5.69 Å². The number of para-hydroxylation sites is 2. The fourth-order valence-corrected chi connectivity index (χ4v) is 3.70. The Hall–Kier alpha value is -2.33. The average molecular weight is 381 g/mol. The van der Waals surface area contributed by atoms with Crippen molar-refractivity contribution in [3.05, 3.63) is 24.3 Å². The molecule has 0 aliphatic rings. The molecular formula is C15H19N5O3S2. The van der Waals surface area contributed by atoms with E-state index in [1.54, 1.807) is 21.0 Å². The van der Waals surface area contributed by atoms with Gasteiger partial charge in [0, 0.05) is 6.54 Å². The topological polar surface area (TPSA) is 105 Å². The number of carbonyl (C=O) groups excluding carboxylic acids is 2. The van der Waals surface area contributed by atoms with Crippen molar-refractivity contribution in [1.82, 2.24) is 20.8 Å². The number of nitrogens with one attached hydrogen (secondary N) is 3. The lowest BCUT2D eigenvalue weighted by molar-refractivity contribution is -0.119. The van der Waals surface area contributed by atoms with Crippen LogP contribution in [0.4, 0.5) is 15.6 Å². The largest absolute Gasteiger partial charge is 0.495 e. The molecule has 0 saturated carbocycles. The second-order valence-electron chi connectivity index (χ2n) is 4.81. The molecule has 3 amide bonds. The first-order valence-corrected chi connectivity index (χ1v) is 9.22. The minimum absolute atomic E-state index is 0.384. The van der Waals surface area contributed by atoms with Crippen molar-refractivity contribution in [3.8, 4) is 5.75 Å². The Labute approximate surface area is 153 Å². The minimum atomic E-state index is -0.504. The van der Waals surface area contributed by atoms with Crippen LogP contribution in [0.25, 0.3) is 0 Å². The third kappa shape index (κ3) is 5.61. The van der Waals surface area contributed by atoms with Crippen LogP contribution in [0.5, 0.6) is 5.75 Å². The number of amides is 3. The molecule has 1 aromatic carbocycles. The monoisotopic (exact) mass is 381 g/mol. The van der Waals surface area contributed by atoms with Gasteiger partial charge in [-0.1, -0.05) is 35.2 Å². The molecule has 1 aromatic heterocycles. The lowest BCUT2D eigenvalue weighted by Gasteiger charge is -2.09. The molecule has 0 aliphatic heterocycles. The summed E-state index contributed by atoms with van der Waals surface area (Å²) in [5, 5.41) is 16.1. The summed E-state index contributed by atoms with van der Waals surface area (Å²) >= 11 is 2.55. The summed E-state index contributed by atoms with van der Waals surface area (Å²) in [7, 11) is 1.59. The first kappa shape index (κ1) is 19.0. The minimum Gasteiger partial charge on any atom is -0.495 e. The number of carbonyl (C=O) groups is 2. The molecule has 0 fully saturated rings. The molecule has 2 aromatic rings. The number of urea groups is 1. The summed E-state index contributed by atoms with van der Waals surface area (Å²) in [6, 6.07) is 6.97. The number of benzene rings is 1. The highest BCUT2D eigenvalue weighted by molar-refractivity contribution is 8.02. The third-order valence-corrected chi connectivity index (χ3v) is 5.00. The first-order valence-electron chi connectivity index (χ1n) is 7.52. The molecule has 0 bridgehead atoms. The van der Waals surface area contributed by atoms with Gasteiger partial charge >= 0.3 is 6.03 Å². The SMILES string of the molecule is CCNC(=O)NC(=O)[C@@H](C)Sc1nnc(Nc2ccccc2OC)s1. The smallest absolute Gasteiger partial charge is 0.321 e. The molecule has 25 heavy (non-hydrogen) atoms. The van der Waals surface area contributed by atoms with E-state index in [9.17, 15) is 9.59 Å². The maximum atomic E-state index is 11.9. The van der Waals surface area contributed by atoms with E-state index in [0.29, 0.717) is 21.8 Å². The van der Waals surface area contributed by atoms with Crippen molar-refractivity contribution in [2.24, 2.45) is 0 Å². The highest BCUT2D eigenvalue weighted by atomic mass is 32.2. The zero-order valence-electron chi connectivity index (χ0n) is 14.0. The number of nitrogens with zero attached hydrogens (tertiary/aromatic N) is 2. The van der Waals surface area contributed by atoms with Gasteiger partial charge < -0.3 is 15.4 Å². The highest BCUT2D eigenvalue weighted by Gasteiger charge is 2.19. The number of ether oxygens (including phenoxy) is 1. The lowest BCUT2D eigenvalue weighted by Crippen LogP contribution is -2.42. The number of thioether (sulfide) groups is 1. The molecule has 3 N–H and O–H groups in total. The predicted octanol–water partition coefficient (Wildman–Crippen LogP) is 2.62. The summed E-state index contributed by atoms with van der Waals surface area (Å²) in [4.78, 5) is 23.3. The van der Waals surface area contributed by atoms with Gasteiger partial charge in [-0.25, -0.2) is 4.79 Å². The van der Waals surface area contributed by atoms with Gasteiger partial charge in [-0.15, -0.1) is 10.2 Å². The number of anilines is 2. The molecule has 0 radical (unpaired) electrons. The molecule has 0 saturated heterocycles. The maximum absolute atomic E-state index is 11.9. The molecule has 2 rings (SSSR count). The van der Waals surface area contributed by atoms with Crippen molar-refractivity contribution in [2.45, 2.75) is 23.4 Å². The first-order chi connectivity index (χ1) is 12.0. The number of methoxy groups -OCH3 is 1. The van der Waals surface area contributed by atoms with Gasteiger partial charge in [-0.2, -0.15) is 0 Å². The molecule has 0 unspecified atom stereocenters. The van der Waals surface area contributed by atoms with Gasteiger partial charge in [0.15, 0.2) is 4.34 Å². The normalized spacial score (nSPS) is 11.5. The summed E-state index contributed by atoms with van der Waals surface area (Å²) in [5.74, 6) is 0.312. The summed E-state index contributed by atoms with van der Waals surface area (Å²) in [6.07, 6.45) is 0.